The predicted molar refractivity (Wildman–Crippen MR) is 102 cm³/mol. The third-order valence-electron chi connectivity index (χ3n) is 4.22. The van der Waals surface area contributed by atoms with E-state index in [4.69, 9.17) is 9.47 Å². The highest BCUT2D eigenvalue weighted by molar-refractivity contribution is 7.20. The van der Waals surface area contributed by atoms with Crippen LogP contribution in [0.5, 0.6) is 5.19 Å². The van der Waals surface area contributed by atoms with Gasteiger partial charge in [0, 0.05) is 18.7 Å². The van der Waals surface area contributed by atoms with Crippen LogP contribution in [0, 0.1) is 10.1 Å². The van der Waals surface area contributed by atoms with Crippen LogP contribution in [0.2, 0.25) is 0 Å². The lowest BCUT2D eigenvalue weighted by Gasteiger charge is -2.36. The third kappa shape index (κ3) is 4.85. The number of carbonyl (C=O) groups excluding carboxylic acids is 1. The van der Waals surface area contributed by atoms with Crippen molar-refractivity contribution in [3.8, 4) is 5.19 Å². The zero-order valence-corrected chi connectivity index (χ0v) is 16.5. The van der Waals surface area contributed by atoms with Gasteiger partial charge in [-0.05, 0) is 46.1 Å². The number of hydrogen-bond acceptors (Lipinski definition) is 7. The molecule has 1 atom stereocenters. The van der Waals surface area contributed by atoms with Gasteiger partial charge in [-0.1, -0.05) is 11.3 Å². The second kappa shape index (κ2) is 7.67. The first kappa shape index (κ1) is 19.3. The van der Waals surface area contributed by atoms with Gasteiger partial charge in [0.2, 0.25) is 0 Å². The molecule has 0 radical (unpaired) electrons. The van der Waals surface area contributed by atoms with Crippen LogP contribution >= 0.6 is 11.3 Å². The number of nitrogens with zero attached hydrogens (tertiary/aromatic N) is 3. The second-order valence-electron chi connectivity index (χ2n) is 7.52. The van der Waals surface area contributed by atoms with E-state index < -0.39 is 10.5 Å². The number of hydrogen-bond donors (Lipinski definition) is 0. The molecule has 3 rings (SSSR count). The van der Waals surface area contributed by atoms with Crippen molar-refractivity contribution in [1.82, 2.24) is 9.88 Å². The van der Waals surface area contributed by atoms with E-state index in [9.17, 15) is 14.9 Å². The molecule has 1 aliphatic rings. The third-order valence-corrected chi connectivity index (χ3v) is 5.17. The fraction of sp³-hybridized carbons (Fsp3) is 0.556. The van der Waals surface area contributed by atoms with Gasteiger partial charge in [-0.15, -0.1) is 0 Å². The minimum absolute atomic E-state index is 0.00253. The van der Waals surface area contributed by atoms with E-state index in [1.165, 1.54) is 23.5 Å². The number of thiazole rings is 1. The molecule has 0 spiro atoms. The van der Waals surface area contributed by atoms with Crippen molar-refractivity contribution in [3.05, 3.63) is 28.3 Å². The number of benzene rings is 1. The average Bonchev–Trinajstić information content (AvgIpc) is 3.00. The van der Waals surface area contributed by atoms with Crippen LogP contribution in [0.3, 0.4) is 0 Å². The van der Waals surface area contributed by atoms with Crippen LogP contribution in [-0.4, -0.2) is 45.7 Å². The predicted octanol–water partition coefficient (Wildman–Crippen LogP) is 4.37. The summed E-state index contributed by atoms with van der Waals surface area (Å²) in [4.78, 5) is 28.9. The SMILES string of the molecule is CC(C)(C)OC(=O)N1CCCC[C@H]1COc1nc2cc([N+](=O)[O-])ccc2s1. The molecule has 0 unspecified atom stereocenters. The molecular formula is C18H23N3O5S. The molecule has 1 aliphatic heterocycles. The molecule has 8 nitrogen and oxygen atoms in total. The van der Waals surface area contributed by atoms with Crippen molar-refractivity contribution >= 4 is 33.3 Å². The smallest absolute Gasteiger partial charge is 0.410 e. The minimum atomic E-state index is -0.540. The van der Waals surface area contributed by atoms with Crippen molar-refractivity contribution < 1.29 is 19.2 Å². The minimum Gasteiger partial charge on any atom is -0.468 e. The van der Waals surface area contributed by atoms with E-state index in [2.05, 4.69) is 4.98 Å². The normalized spacial score (nSPS) is 17.7. The lowest BCUT2D eigenvalue weighted by Crippen LogP contribution is -2.48. The Morgan fingerprint density at radius 3 is 2.89 bits per heavy atom. The lowest BCUT2D eigenvalue weighted by atomic mass is 10.0. The molecule has 0 aliphatic carbocycles. The number of likely N-dealkylation sites (tertiary alicyclic amines) is 1. The number of nitro groups is 1. The van der Waals surface area contributed by atoms with Gasteiger partial charge < -0.3 is 14.4 Å². The summed E-state index contributed by atoms with van der Waals surface area (Å²) in [5, 5.41) is 11.3. The maximum atomic E-state index is 12.4. The Morgan fingerprint density at radius 2 is 2.19 bits per heavy atom. The largest absolute Gasteiger partial charge is 0.468 e. The summed E-state index contributed by atoms with van der Waals surface area (Å²) in [5.74, 6) is 0. The molecule has 146 valence electrons. The molecule has 0 bridgehead atoms. The molecular weight excluding hydrogens is 370 g/mol. The molecule has 27 heavy (non-hydrogen) atoms. The maximum absolute atomic E-state index is 12.4. The van der Waals surface area contributed by atoms with Crippen molar-refractivity contribution in [2.24, 2.45) is 0 Å². The van der Waals surface area contributed by atoms with E-state index in [0.717, 1.165) is 24.0 Å². The number of carbonyl (C=O) groups is 1. The van der Waals surface area contributed by atoms with Crippen LogP contribution in [0.4, 0.5) is 10.5 Å². The number of piperidine rings is 1. The van der Waals surface area contributed by atoms with Crippen LogP contribution in [0.1, 0.15) is 40.0 Å². The zero-order valence-electron chi connectivity index (χ0n) is 15.6. The first-order valence-electron chi connectivity index (χ1n) is 8.90. The molecule has 1 saturated heterocycles. The molecule has 2 aromatic rings. The maximum Gasteiger partial charge on any atom is 0.410 e. The number of amides is 1. The Labute approximate surface area is 161 Å². The van der Waals surface area contributed by atoms with Gasteiger partial charge in [0.25, 0.3) is 10.9 Å². The number of fused-ring (bicyclic) bond motifs is 1. The van der Waals surface area contributed by atoms with Crippen LogP contribution in [-0.2, 0) is 4.74 Å². The van der Waals surface area contributed by atoms with Crippen LogP contribution in [0.25, 0.3) is 10.2 Å². The van der Waals surface area contributed by atoms with E-state index in [1.807, 2.05) is 20.8 Å². The van der Waals surface area contributed by atoms with Crippen LogP contribution in [0.15, 0.2) is 18.2 Å². The Hall–Kier alpha value is -2.42. The van der Waals surface area contributed by atoms with Gasteiger partial charge in [-0.3, -0.25) is 10.1 Å². The lowest BCUT2D eigenvalue weighted by molar-refractivity contribution is -0.384. The fourth-order valence-corrected chi connectivity index (χ4v) is 3.78. The number of aromatic nitrogens is 1. The number of ether oxygens (including phenoxy) is 2. The average molecular weight is 393 g/mol. The van der Waals surface area contributed by atoms with E-state index in [0.29, 0.717) is 23.9 Å². The van der Waals surface area contributed by atoms with Crippen molar-refractivity contribution in [3.63, 3.8) is 0 Å². The van der Waals surface area contributed by atoms with Gasteiger partial charge in [0.1, 0.15) is 12.2 Å². The molecule has 1 aromatic carbocycles. The van der Waals surface area contributed by atoms with Gasteiger partial charge in [-0.2, -0.15) is 0 Å². The second-order valence-corrected chi connectivity index (χ2v) is 8.52. The summed E-state index contributed by atoms with van der Waals surface area (Å²) in [5.41, 5.74) is 0.00128. The summed E-state index contributed by atoms with van der Waals surface area (Å²) in [6.07, 6.45) is 2.49. The van der Waals surface area contributed by atoms with Gasteiger partial charge in [-0.25, -0.2) is 9.78 Å². The topological polar surface area (TPSA) is 94.8 Å². The Kier molecular flexibility index (Phi) is 5.50. The molecule has 1 aromatic heterocycles. The quantitative estimate of drug-likeness (QED) is 0.565. The van der Waals surface area contributed by atoms with Gasteiger partial charge in [0.15, 0.2) is 0 Å². The number of rotatable bonds is 4. The first-order valence-corrected chi connectivity index (χ1v) is 9.72. The highest BCUT2D eigenvalue weighted by Gasteiger charge is 2.31. The number of non-ortho nitro benzene ring substituents is 1. The van der Waals surface area contributed by atoms with Crippen molar-refractivity contribution in [2.75, 3.05) is 13.2 Å². The summed E-state index contributed by atoms with van der Waals surface area (Å²) >= 11 is 1.34. The molecule has 2 heterocycles. The number of nitro benzene ring substituents is 1. The molecule has 0 N–H and O–H groups in total. The highest BCUT2D eigenvalue weighted by atomic mass is 32.1. The Morgan fingerprint density at radius 1 is 1.41 bits per heavy atom. The summed E-state index contributed by atoms with van der Waals surface area (Å²) in [6, 6.07) is 4.49. The van der Waals surface area contributed by atoms with E-state index in [-0.39, 0.29) is 17.8 Å². The van der Waals surface area contributed by atoms with Crippen molar-refractivity contribution in [1.29, 1.82) is 0 Å². The standard InChI is InChI=1S/C18H23N3O5S/c1-18(2,3)26-17(22)20-9-5-4-6-13(20)11-25-16-19-14-10-12(21(23)24)7-8-15(14)27-16/h7-8,10,13H,4-6,9,11H2,1-3H3/t13-/m0/s1. The van der Waals surface area contributed by atoms with E-state index >= 15 is 0 Å². The molecule has 0 saturated carbocycles. The van der Waals surface area contributed by atoms with Gasteiger partial charge >= 0.3 is 6.09 Å². The zero-order chi connectivity index (χ0) is 19.6. The molecule has 1 fully saturated rings. The van der Waals surface area contributed by atoms with Gasteiger partial charge in [0.05, 0.1) is 21.2 Å². The first-order chi connectivity index (χ1) is 12.7. The Balaban J connectivity index is 1.67. The van der Waals surface area contributed by atoms with Crippen LogP contribution < -0.4 is 4.74 Å². The molecule has 9 heteroatoms. The summed E-state index contributed by atoms with van der Waals surface area (Å²) in [7, 11) is 0. The monoisotopic (exact) mass is 393 g/mol. The summed E-state index contributed by atoms with van der Waals surface area (Å²) < 4.78 is 12.1. The fourth-order valence-electron chi connectivity index (χ4n) is 2.97. The Bertz CT molecular complexity index is 845. The van der Waals surface area contributed by atoms with E-state index in [1.54, 1.807) is 11.0 Å². The molecule has 1 amide bonds. The summed E-state index contributed by atoms with van der Waals surface area (Å²) in [6.45, 7) is 6.51. The highest BCUT2D eigenvalue weighted by Crippen LogP contribution is 2.31. The van der Waals surface area contributed by atoms with Crippen molar-refractivity contribution in [2.45, 2.75) is 51.7 Å².